The van der Waals surface area contributed by atoms with E-state index in [1.54, 1.807) is 25.0 Å². The van der Waals surface area contributed by atoms with Gasteiger partial charge < -0.3 is 0 Å². The first kappa shape index (κ1) is 50.9. The molecule has 5 aliphatic rings. The Morgan fingerprint density at radius 3 is 2.21 bits per heavy atom. The van der Waals surface area contributed by atoms with Gasteiger partial charge in [0.1, 0.15) is 19.5 Å². The first-order chi connectivity index (χ1) is 33.4. The predicted molar refractivity (Wildman–Crippen MR) is 308 cm³/mol. The second kappa shape index (κ2) is 24.2. The average Bonchev–Trinajstić information content (AvgIpc) is 4.22. The molecule has 0 amide bonds. The summed E-state index contributed by atoms with van der Waals surface area (Å²) in [4.78, 5) is 21.0. The molecule has 9 heterocycles. The molecule has 9 rings (SSSR count). The Morgan fingerprint density at radius 1 is 0.750 bits per heavy atom. The Labute approximate surface area is 435 Å². The molecule has 0 saturated carbocycles. The fourth-order valence-electron chi connectivity index (χ4n) is 11.6. The van der Waals surface area contributed by atoms with Crippen LogP contribution in [-0.2, 0) is 6.42 Å². The molecule has 0 aromatic carbocycles. The molecule has 0 aliphatic carbocycles. The van der Waals surface area contributed by atoms with Crippen LogP contribution in [0.4, 0.5) is 0 Å². The third-order valence-corrected chi connectivity index (χ3v) is 27.6. The lowest BCUT2D eigenvalue weighted by Crippen LogP contribution is -2.57. The molecule has 0 fully saturated rings. The Kier molecular flexibility index (Phi) is 18.1. The maximum absolute atomic E-state index is 5.41. The lowest BCUT2D eigenvalue weighted by atomic mass is 9.91. The number of thiophene rings is 3. The number of rotatable bonds is 27. The van der Waals surface area contributed by atoms with Crippen LogP contribution >= 0.6 is 69.6 Å². The van der Waals surface area contributed by atoms with Gasteiger partial charge in [-0.25, -0.2) is 9.12 Å². The SMILES string of the molecule is CCCCCCC1=CC(CC2=NC=C(c3cc4c(s3)-c3sc(C5CN=C(c6ccc(CCCCCC)s6)c6nsnc65)cc3[Si]4(CC(CC)CCCC)CC(CC)CCCC)C3NSN=C23)CS1. The maximum Gasteiger partial charge on any atom is 0.127 e. The molecular formula is C55H76N6S6Si. The van der Waals surface area contributed by atoms with Gasteiger partial charge in [-0.05, 0) is 101 Å². The molecule has 6 nitrogen and oxygen atoms in total. The Hall–Kier alpha value is -1.97. The molecule has 5 atom stereocenters. The van der Waals surface area contributed by atoms with E-state index in [0.717, 1.165) is 54.0 Å². The highest BCUT2D eigenvalue weighted by Gasteiger charge is 2.51. The van der Waals surface area contributed by atoms with Crippen LogP contribution in [0.25, 0.3) is 15.3 Å². The van der Waals surface area contributed by atoms with E-state index >= 15 is 0 Å². The molecule has 0 radical (unpaired) electrons. The van der Waals surface area contributed by atoms with Crippen molar-refractivity contribution in [3.63, 3.8) is 0 Å². The van der Waals surface area contributed by atoms with Crippen LogP contribution in [0, 0.1) is 17.8 Å². The zero-order valence-electron chi connectivity index (χ0n) is 41.8. The zero-order valence-corrected chi connectivity index (χ0v) is 47.7. The van der Waals surface area contributed by atoms with Crippen molar-refractivity contribution in [1.29, 1.82) is 0 Å². The van der Waals surface area contributed by atoms with Crippen LogP contribution in [0.5, 0.6) is 0 Å². The van der Waals surface area contributed by atoms with Crippen LogP contribution in [0.15, 0.2) is 55.8 Å². The molecular weight excluding hydrogens is 965 g/mol. The molecule has 366 valence electrons. The van der Waals surface area contributed by atoms with Crippen molar-refractivity contribution < 1.29 is 0 Å². The van der Waals surface area contributed by atoms with E-state index in [2.05, 4.69) is 117 Å². The van der Waals surface area contributed by atoms with Gasteiger partial charge in [0.25, 0.3) is 0 Å². The summed E-state index contributed by atoms with van der Waals surface area (Å²) in [5.41, 5.74) is 6.88. The van der Waals surface area contributed by atoms with Gasteiger partial charge in [-0.1, -0.05) is 138 Å². The Morgan fingerprint density at radius 2 is 1.47 bits per heavy atom. The zero-order chi connectivity index (χ0) is 47.0. The molecule has 0 saturated heterocycles. The lowest BCUT2D eigenvalue weighted by Gasteiger charge is -2.36. The molecule has 13 heteroatoms. The van der Waals surface area contributed by atoms with Crippen molar-refractivity contribution in [2.75, 3.05) is 12.3 Å². The number of unbranched alkanes of at least 4 members (excludes halogenated alkanes) is 8. The van der Waals surface area contributed by atoms with Crippen LogP contribution in [0.1, 0.15) is 194 Å². The predicted octanol–water partition coefficient (Wildman–Crippen LogP) is 16.2. The van der Waals surface area contributed by atoms with Crippen molar-refractivity contribution in [2.24, 2.45) is 32.1 Å². The number of nitrogens with zero attached hydrogens (tertiary/aromatic N) is 5. The fraction of sp³-hybridized carbons (Fsp3) is 0.618. The van der Waals surface area contributed by atoms with E-state index in [-0.39, 0.29) is 12.0 Å². The summed E-state index contributed by atoms with van der Waals surface area (Å²) in [6, 6.07) is 12.9. The van der Waals surface area contributed by atoms with E-state index in [1.807, 2.05) is 11.3 Å². The van der Waals surface area contributed by atoms with Gasteiger partial charge in [-0.15, -0.1) is 45.8 Å². The van der Waals surface area contributed by atoms with Crippen molar-refractivity contribution in [3.05, 3.63) is 72.3 Å². The van der Waals surface area contributed by atoms with Crippen molar-refractivity contribution in [3.8, 4) is 9.75 Å². The minimum Gasteiger partial charge on any atom is -0.280 e. The molecule has 5 aliphatic heterocycles. The molecule has 1 N–H and O–H groups in total. The van der Waals surface area contributed by atoms with Gasteiger partial charge in [-0.2, -0.15) is 8.75 Å². The highest BCUT2D eigenvalue weighted by Crippen LogP contribution is 2.50. The van der Waals surface area contributed by atoms with E-state index in [9.17, 15) is 0 Å². The van der Waals surface area contributed by atoms with Crippen LogP contribution < -0.4 is 15.1 Å². The first-order valence-corrected chi connectivity index (χ1v) is 34.1. The quantitative estimate of drug-likeness (QED) is 0.0366. The van der Waals surface area contributed by atoms with E-state index < -0.39 is 8.07 Å². The normalized spacial score (nSPS) is 22.6. The second-order valence-corrected chi connectivity index (χ2v) is 30.0. The minimum atomic E-state index is -2.25. The van der Waals surface area contributed by atoms with E-state index in [1.165, 1.54) is 182 Å². The molecule has 68 heavy (non-hydrogen) atoms. The van der Waals surface area contributed by atoms with Gasteiger partial charge in [0.05, 0.1) is 64.4 Å². The fourth-order valence-corrected chi connectivity index (χ4v) is 25.7. The topological polar surface area (TPSA) is 74.9 Å². The molecule has 0 spiro atoms. The summed E-state index contributed by atoms with van der Waals surface area (Å²) >= 11 is 11.0. The molecule has 5 unspecified atom stereocenters. The highest BCUT2D eigenvalue weighted by atomic mass is 32.2. The number of fused-ring (bicyclic) bond motifs is 5. The minimum absolute atomic E-state index is 0.0820. The number of allylic oxidation sites excluding steroid dienone is 2. The number of thioether (sulfide) groups is 1. The number of hydrogen-bond acceptors (Lipinski definition) is 12. The largest absolute Gasteiger partial charge is 0.280 e. The van der Waals surface area contributed by atoms with Gasteiger partial charge >= 0.3 is 0 Å². The summed E-state index contributed by atoms with van der Waals surface area (Å²) in [5.74, 6) is 3.33. The number of aliphatic imine (C=N–C) groups is 2. The molecule has 0 bridgehead atoms. The summed E-state index contributed by atoms with van der Waals surface area (Å²) in [5, 5.41) is 3.47. The lowest BCUT2D eigenvalue weighted by molar-refractivity contribution is 0.469. The van der Waals surface area contributed by atoms with Crippen molar-refractivity contribution in [1.82, 2.24) is 13.5 Å². The van der Waals surface area contributed by atoms with Crippen LogP contribution in [0.3, 0.4) is 0 Å². The van der Waals surface area contributed by atoms with Crippen LogP contribution in [0.2, 0.25) is 12.1 Å². The molecule has 4 aromatic heterocycles. The van der Waals surface area contributed by atoms with Crippen LogP contribution in [-0.4, -0.2) is 52.3 Å². The third-order valence-electron chi connectivity index (χ3n) is 15.6. The Bertz CT molecular complexity index is 2470. The first-order valence-electron chi connectivity index (χ1n) is 26.8. The monoisotopic (exact) mass is 1040 g/mol. The van der Waals surface area contributed by atoms with Gasteiger partial charge in [-0.3, -0.25) is 9.98 Å². The molecule has 4 aromatic rings. The highest BCUT2D eigenvalue weighted by molar-refractivity contribution is 8.03. The standard InChI is InChI=1S/C55H76N6S6Si/c1-7-13-17-19-23-39-25-26-44(63-39)52-53-50(59-67-61-53)42(32-57-52)46-30-48-55(65-46)54-47(68(48,34-36(11-5)21-15-9-3)35-37(12-6)22-16-10-4)29-45(64-54)41-31-56-43(51-49(41)58-66-60-51)28-38-27-40(62-33-38)24-20-18-14-8-2/h25-27,29-31,36-38,42,49,58H,7-24,28,32-35H2,1-6H3. The summed E-state index contributed by atoms with van der Waals surface area (Å²) < 4.78 is 18.9. The van der Waals surface area contributed by atoms with Crippen molar-refractivity contribution in [2.45, 2.75) is 188 Å². The van der Waals surface area contributed by atoms with E-state index in [4.69, 9.17) is 23.1 Å². The number of aromatic nitrogens is 2. The van der Waals surface area contributed by atoms with Gasteiger partial charge in [0, 0.05) is 41.9 Å². The smallest absolute Gasteiger partial charge is 0.127 e. The summed E-state index contributed by atoms with van der Waals surface area (Å²) in [6.45, 7) is 15.0. The second-order valence-electron chi connectivity index (χ2n) is 20.4. The summed E-state index contributed by atoms with van der Waals surface area (Å²) in [6.07, 6.45) is 29.0. The maximum atomic E-state index is 5.41. The average molecular weight is 1040 g/mol. The van der Waals surface area contributed by atoms with Gasteiger partial charge in [0.2, 0.25) is 0 Å². The summed E-state index contributed by atoms with van der Waals surface area (Å²) in [7, 11) is -2.25. The van der Waals surface area contributed by atoms with Gasteiger partial charge in [0.15, 0.2) is 0 Å². The van der Waals surface area contributed by atoms with E-state index in [0.29, 0.717) is 5.92 Å². The number of aryl methyl sites for hydroxylation is 1. The number of hydrogen-bond donors (Lipinski definition) is 1. The Balaban J connectivity index is 1.07. The third kappa shape index (κ3) is 11.0. The van der Waals surface area contributed by atoms with Crippen molar-refractivity contribution >= 4 is 111 Å². The number of nitrogens with one attached hydrogen (secondary N) is 1.